The highest BCUT2D eigenvalue weighted by molar-refractivity contribution is 5.81. The Balaban J connectivity index is 1.97. The highest BCUT2D eigenvalue weighted by Crippen LogP contribution is 2.46. The van der Waals surface area contributed by atoms with E-state index in [1.54, 1.807) is 6.07 Å². The zero-order valence-electron chi connectivity index (χ0n) is 17.5. The van der Waals surface area contributed by atoms with Crippen LogP contribution in [0, 0.1) is 0 Å². The summed E-state index contributed by atoms with van der Waals surface area (Å²) in [5.41, 5.74) is 6.81. The van der Waals surface area contributed by atoms with Crippen LogP contribution in [0.1, 0.15) is 76.6 Å². The van der Waals surface area contributed by atoms with E-state index in [2.05, 4.69) is 58.9 Å². The third-order valence-electron chi connectivity index (χ3n) is 5.97. The van der Waals surface area contributed by atoms with Gasteiger partial charge in [0.25, 0.3) is 0 Å². The Bertz CT molecular complexity index is 872. The lowest BCUT2D eigenvalue weighted by Gasteiger charge is -2.42. The number of fused-ring (bicyclic) bond motifs is 1. The molecule has 144 valence electrons. The first-order valence-electron chi connectivity index (χ1n) is 9.93. The predicted octanol–water partition coefficient (Wildman–Crippen LogP) is 6.70. The van der Waals surface area contributed by atoms with Gasteiger partial charge in [0.2, 0.25) is 0 Å². The van der Waals surface area contributed by atoms with Crippen LogP contribution in [0.5, 0.6) is 11.5 Å². The standard InChI is InChI=1S/C25H32O2/c1-7-27-23-11-8-18(15-22(23)26)14-17(2)19-9-10-20-21(16-19)25(5,6)13-12-24(20,3)4/h8-11,14-16,26H,7,12-13H2,1-6H3. The van der Waals surface area contributed by atoms with Crippen LogP contribution in [0.15, 0.2) is 36.4 Å². The molecule has 2 heteroatoms. The van der Waals surface area contributed by atoms with Crippen LogP contribution >= 0.6 is 0 Å². The minimum Gasteiger partial charge on any atom is -0.504 e. The van der Waals surface area contributed by atoms with Gasteiger partial charge in [-0.15, -0.1) is 0 Å². The van der Waals surface area contributed by atoms with E-state index in [1.165, 1.54) is 35.1 Å². The number of phenolic OH excluding ortho intramolecular Hbond substituents is 1. The fraction of sp³-hybridized carbons (Fsp3) is 0.440. The maximum absolute atomic E-state index is 10.1. The molecule has 1 aliphatic rings. The maximum atomic E-state index is 10.1. The fourth-order valence-corrected chi connectivity index (χ4v) is 4.07. The summed E-state index contributed by atoms with van der Waals surface area (Å²) in [5, 5.41) is 10.1. The maximum Gasteiger partial charge on any atom is 0.160 e. The minimum absolute atomic E-state index is 0.187. The molecule has 0 atom stereocenters. The Morgan fingerprint density at radius 2 is 1.67 bits per heavy atom. The summed E-state index contributed by atoms with van der Waals surface area (Å²) >= 11 is 0. The molecule has 0 saturated carbocycles. The van der Waals surface area contributed by atoms with Crippen molar-refractivity contribution in [3.05, 3.63) is 58.7 Å². The van der Waals surface area contributed by atoms with Crippen molar-refractivity contribution in [3.8, 4) is 11.5 Å². The second-order valence-corrected chi connectivity index (χ2v) is 9.02. The molecule has 0 saturated heterocycles. The number of aromatic hydroxyl groups is 1. The van der Waals surface area contributed by atoms with E-state index in [-0.39, 0.29) is 16.6 Å². The average molecular weight is 365 g/mol. The number of benzene rings is 2. The first kappa shape index (κ1) is 19.5. The van der Waals surface area contributed by atoms with E-state index in [9.17, 15) is 5.11 Å². The third kappa shape index (κ3) is 3.90. The van der Waals surface area contributed by atoms with Crippen molar-refractivity contribution in [3.63, 3.8) is 0 Å². The van der Waals surface area contributed by atoms with Crippen LogP contribution in [0.3, 0.4) is 0 Å². The summed E-state index contributed by atoms with van der Waals surface area (Å²) < 4.78 is 5.42. The Morgan fingerprint density at radius 1 is 1.00 bits per heavy atom. The summed E-state index contributed by atoms with van der Waals surface area (Å²) in [6, 6.07) is 12.5. The second kappa shape index (κ2) is 7.07. The van der Waals surface area contributed by atoms with Crippen molar-refractivity contribution in [2.45, 2.75) is 65.2 Å². The lowest BCUT2D eigenvalue weighted by molar-refractivity contribution is 0.318. The van der Waals surface area contributed by atoms with E-state index in [0.717, 1.165) is 5.56 Å². The Morgan fingerprint density at radius 3 is 2.30 bits per heavy atom. The van der Waals surface area contributed by atoms with E-state index < -0.39 is 0 Å². The Hall–Kier alpha value is -2.22. The van der Waals surface area contributed by atoms with Gasteiger partial charge in [0.1, 0.15) is 0 Å². The van der Waals surface area contributed by atoms with Crippen molar-refractivity contribution in [1.29, 1.82) is 0 Å². The Labute approximate surface area is 163 Å². The molecular formula is C25H32O2. The molecule has 0 amide bonds. The van der Waals surface area contributed by atoms with Crippen molar-refractivity contribution in [1.82, 2.24) is 0 Å². The molecule has 27 heavy (non-hydrogen) atoms. The number of hydrogen-bond donors (Lipinski definition) is 1. The van der Waals surface area contributed by atoms with Crippen LogP contribution in [0.25, 0.3) is 11.6 Å². The summed E-state index contributed by atoms with van der Waals surface area (Å²) in [6.45, 7) is 14.0. The van der Waals surface area contributed by atoms with Crippen molar-refractivity contribution in [2.75, 3.05) is 6.61 Å². The summed E-state index contributed by atoms with van der Waals surface area (Å²) in [4.78, 5) is 0. The first-order valence-corrected chi connectivity index (χ1v) is 9.93. The molecule has 0 aliphatic heterocycles. The molecule has 2 aromatic carbocycles. The molecule has 0 heterocycles. The molecule has 0 spiro atoms. The van der Waals surface area contributed by atoms with E-state index in [1.807, 2.05) is 19.1 Å². The monoisotopic (exact) mass is 364 g/mol. The van der Waals surface area contributed by atoms with Crippen LogP contribution in [0.4, 0.5) is 0 Å². The summed E-state index contributed by atoms with van der Waals surface area (Å²) in [5.74, 6) is 0.719. The number of hydrogen-bond acceptors (Lipinski definition) is 2. The molecule has 0 fully saturated rings. The topological polar surface area (TPSA) is 29.5 Å². The Kier molecular flexibility index (Phi) is 5.12. The van der Waals surface area contributed by atoms with Gasteiger partial charge in [0.15, 0.2) is 11.5 Å². The number of rotatable bonds is 4. The van der Waals surface area contributed by atoms with Gasteiger partial charge in [-0.3, -0.25) is 0 Å². The number of allylic oxidation sites excluding steroid dienone is 1. The van der Waals surface area contributed by atoms with Gasteiger partial charge in [0.05, 0.1) is 6.61 Å². The normalized spacial score (nSPS) is 18.1. The molecule has 0 unspecified atom stereocenters. The largest absolute Gasteiger partial charge is 0.504 e. The first-order chi connectivity index (χ1) is 12.6. The lowest BCUT2D eigenvalue weighted by atomic mass is 9.63. The van der Waals surface area contributed by atoms with Gasteiger partial charge in [-0.1, -0.05) is 58.0 Å². The number of ether oxygens (including phenoxy) is 1. The lowest BCUT2D eigenvalue weighted by Crippen LogP contribution is -2.33. The average Bonchev–Trinajstić information content (AvgIpc) is 2.61. The van der Waals surface area contributed by atoms with Gasteiger partial charge in [-0.2, -0.15) is 0 Å². The summed E-state index contributed by atoms with van der Waals surface area (Å²) in [7, 11) is 0. The molecule has 0 bridgehead atoms. The van der Waals surface area contributed by atoms with Gasteiger partial charge in [-0.05, 0) is 77.5 Å². The van der Waals surface area contributed by atoms with Gasteiger partial charge >= 0.3 is 0 Å². The highest BCUT2D eigenvalue weighted by Gasteiger charge is 2.36. The molecule has 1 N–H and O–H groups in total. The van der Waals surface area contributed by atoms with Gasteiger partial charge in [-0.25, -0.2) is 0 Å². The van der Waals surface area contributed by atoms with E-state index in [0.29, 0.717) is 12.4 Å². The minimum atomic E-state index is 0.187. The molecule has 3 rings (SSSR count). The molecule has 2 nitrogen and oxygen atoms in total. The summed E-state index contributed by atoms with van der Waals surface area (Å²) in [6.07, 6.45) is 4.57. The smallest absolute Gasteiger partial charge is 0.160 e. The molecule has 0 aromatic heterocycles. The van der Waals surface area contributed by atoms with Crippen molar-refractivity contribution in [2.24, 2.45) is 0 Å². The van der Waals surface area contributed by atoms with Gasteiger partial charge in [0, 0.05) is 0 Å². The highest BCUT2D eigenvalue weighted by atomic mass is 16.5. The SMILES string of the molecule is CCOc1ccc(C=C(C)c2ccc3c(c2)C(C)(C)CCC3(C)C)cc1O. The van der Waals surface area contributed by atoms with Crippen LogP contribution in [-0.2, 0) is 10.8 Å². The molecule has 1 aliphatic carbocycles. The van der Waals surface area contributed by atoms with E-state index >= 15 is 0 Å². The number of phenols is 1. The zero-order chi connectivity index (χ0) is 19.8. The zero-order valence-corrected chi connectivity index (χ0v) is 17.5. The predicted molar refractivity (Wildman–Crippen MR) is 115 cm³/mol. The third-order valence-corrected chi connectivity index (χ3v) is 5.97. The molecular weight excluding hydrogens is 332 g/mol. The second-order valence-electron chi connectivity index (χ2n) is 9.02. The van der Waals surface area contributed by atoms with Crippen LogP contribution in [-0.4, -0.2) is 11.7 Å². The molecule has 2 aromatic rings. The molecule has 0 radical (unpaired) electrons. The van der Waals surface area contributed by atoms with Crippen molar-refractivity contribution < 1.29 is 9.84 Å². The fourth-order valence-electron chi connectivity index (χ4n) is 4.07. The van der Waals surface area contributed by atoms with Crippen molar-refractivity contribution >= 4 is 11.6 Å². The van der Waals surface area contributed by atoms with E-state index in [4.69, 9.17) is 4.74 Å². The van der Waals surface area contributed by atoms with Gasteiger partial charge < -0.3 is 9.84 Å². The van der Waals surface area contributed by atoms with Crippen LogP contribution in [0.2, 0.25) is 0 Å². The van der Waals surface area contributed by atoms with Crippen LogP contribution < -0.4 is 4.74 Å². The quantitative estimate of drug-likeness (QED) is 0.612.